The van der Waals surface area contributed by atoms with Gasteiger partial charge in [-0.3, -0.25) is 14.9 Å². The van der Waals surface area contributed by atoms with Crippen molar-refractivity contribution in [1.82, 2.24) is 5.32 Å². The molecule has 1 aliphatic carbocycles. The summed E-state index contributed by atoms with van der Waals surface area (Å²) < 4.78 is 5.50. The molecule has 7 nitrogen and oxygen atoms in total. The zero-order valence-corrected chi connectivity index (χ0v) is 19.9. The maximum atomic E-state index is 13.5. The fraction of sp³-hybridized carbons (Fsp3) is 0.308. The highest BCUT2D eigenvalue weighted by atomic mass is 35.5. The first kappa shape index (κ1) is 23.7. The molecule has 2 aromatic carbocycles. The third-order valence-corrected chi connectivity index (χ3v) is 6.42. The molecule has 0 fully saturated rings. The van der Waals surface area contributed by atoms with Crippen molar-refractivity contribution in [2.75, 3.05) is 0 Å². The number of rotatable bonds is 5. The number of Topliss-reactive ketones (excluding diaryl/α,β-unsaturated/α-hetero) is 1. The lowest BCUT2D eigenvalue weighted by atomic mass is 9.71. The Kier molecular flexibility index (Phi) is 6.57. The number of hydrogen-bond acceptors (Lipinski definition) is 6. The smallest absolute Gasteiger partial charge is 0.337 e. The van der Waals surface area contributed by atoms with E-state index < -0.39 is 16.8 Å². The number of nitrogens with one attached hydrogen (secondary N) is 1. The van der Waals surface area contributed by atoms with E-state index in [1.165, 1.54) is 12.1 Å². The summed E-state index contributed by atoms with van der Waals surface area (Å²) in [7, 11) is 0. The average molecular weight is 481 g/mol. The van der Waals surface area contributed by atoms with Gasteiger partial charge in [0.1, 0.15) is 0 Å². The number of non-ortho nitro benzene ring substituents is 1. The van der Waals surface area contributed by atoms with E-state index in [1.807, 2.05) is 24.3 Å². The van der Waals surface area contributed by atoms with Crippen molar-refractivity contribution in [2.24, 2.45) is 0 Å². The third-order valence-electron chi connectivity index (χ3n) is 6.17. The molecule has 34 heavy (non-hydrogen) atoms. The quantitative estimate of drug-likeness (QED) is 0.341. The van der Waals surface area contributed by atoms with Gasteiger partial charge in [-0.15, -0.1) is 0 Å². The summed E-state index contributed by atoms with van der Waals surface area (Å²) in [5, 5.41) is 15.1. The molecule has 8 heteroatoms. The van der Waals surface area contributed by atoms with Crippen molar-refractivity contribution in [3.05, 3.63) is 97.3 Å². The maximum absolute atomic E-state index is 13.5. The lowest BCUT2D eigenvalue weighted by Crippen LogP contribution is -2.36. The molecule has 0 bridgehead atoms. The largest absolute Gasteiger partial charge is 0.460 e. The van der Waals surface area contributed by atoms with Gasteiger partial charge in [0.15, 0.2) is 5.78 Å². The fourth-order valence-corrected chi connectivity index (χ4v) is 4.81. The maximum Gasteiger partial charge on any atom is 0.337 e. The monoisotopic (exact) mass is 480 g/mol. The second kappa shape index (κ2) is 9.43. The van der Waals surface area contributed by atoms with E-state index in [2.05, 4.69) is 5.32 Å². The van der Waals surface area contributed by atoms with Gasteiger partial charge < -0.3 is 10.1 Å². The normalized spacial score (nSPS) is 20.2. The van der Waals surface area contributed by atoms with Crippen LogP contribution in [0.2, 0.25) is 5.02 Å². The lowest BCUT2D eigenvalue weighted by Gasteiger charge is -2.37. The van der Waals surface area contributed by atoms with Crippen molar-refractivity contribution < 1.29 is 19.2 Å². The van der Waals surface area contributed by atoms with Crippen LogP contribution in [0.4, 0.5) is 5.69 Å². The van der Waals surface area contributed by atoms with Gasteiger partial charge in [-0.2, -0.15) is 0 Å². The Morgan fingerprint density at radius 3 is 2.29 bits per heavy atom. The van der Waals surface area contributed by atoms with Crippen LogP contribution < -0.4 is 5.32 Å². The van der Waals surface area contributed by atoms with Crippen molar-refractivity contribution in [3.8, 4) is 0 Å². The summed E-state index contributed by atoms with van der Waals surface area (Å²) in [6, 6.07) is 13.5. The lowest BCUT2D eigenvalue weighted by molar-refractivity contribution is -0.384. The number of dihydropyridines is 1. The molecule has 0 unspecified atom stereocenters. The van der Waals surface area contributed by atoms with E-state index in [4.69, 9.17) is 16.3 Å². The number of halogens is 1. The number of allylic oxidation sites excluding steroid dienone is 3. The molecule has 0 saturated carbocycles. The molecule has 4 rings (SSSR count). The fourth-order valence-electron chi connectivity index (χ4n) is 4.68. The topological polar surface area (TPSA) is 98.5 Å². The summed E-state index contributed by atoms with van der Waals surface area (Å²) in [6.45, 7) is 5.31. The Hall–Kier alpha value is -3.45. The first-order valence-corrected chi connectivity index (χ1v) is 11.5. The first-order valence-electron chi connectivity index (χ1n) is 11.1. The van der Waals surface area contributed by atoms with Crippen LogP contribution >= 0.6 is 11.6 Å². The number of nitro groups is 1. The Bertz CT molecular complexity index is 1210. The zero-order chi connectivity index (χ0) is 24.6. The van der Waals surface area contributed by atoms with Crippen LogP contribution in [0.3, 0.4) is 0 Å². The Balaban J connectivity index is 1.79. The minimum Gasteiger partial charge on any atom is -0.460 e. The molecule has 0 amide bonds. The van der Waals surface area contributed by atoms with Gasteiger partial charge in [-0.25, -0.2) is 4.79 Å². The van der Waals surface area contributed by atoms with Crippen LogP contribution in [0.5, 0.6) is 0 Å². The summed E-state index contributed by atoms with van der Waals surface area (Å²) in [6.07, 6.45) is 0.546. The van der Waals surface area contributed by atoms with Crippen molar-refractivity contribution in [3.63, 3.8) is 0 Å². The van der Waals surface area contributed by atoms with Gasteiger partial charge in [0.25, 0.3) is 5.69 Å². The van der Waals surface area contributed by atoms with E-state index in [9.17, 15) is 19.7 Å². The highest BCUT2D eigenvalue weighted by molar-refractivity contribution is 6.30. The highest BCUT2D eigenvalue weighted by Gasteiger charge is 2.41. The molecular formula is C26H25ClN2O5. The number of nitro benzene ring substituents is 1. The van der Waals surface area contributed by atoms with Crippen LogP contribution in [0.15, 0.2) is 71.1 Å². The number of hydrogen-bond donors (Lipinski definition) is 1. The van der Waals surface area contributed by atoms with Crippen LogP contribution in [0.1, 0.15) is 56.6 Å². The number of benzene rings is 2. The number of esters is 1. The SMILES string of the molecule is CC1=C(C(=O)OC(C)C)[C@@H](c2ccc([N+](=O)[O-])cc2)C2=C(C[C@@H](c3ccc(Cl)cc3)CC2=O)N1. The Labute approximate surface area is 202 Å². The number of ketones is 1. The van der Waals surface area contributed by atoms with Crippen molar-refractivity contribution in [1.29, 1.82) is 0 Å². The zero-order valence-electron chi connectivity index (χ0n) is 19.1. The molecule has 0 radical (unpaired) electrons. The molecule has 2 atom stereocenters. The van der Waals surface area contributed by atoms with Crippen molar-refractivity contribution >= 4 is 29.0 Å². The average Bonchev–Trinajstić information content (AvgIpc) is 2.78. The second-order valence-corrected chi connectivity index (χ2v) is 9.31. The van der Waals surface area contributed by atoms with Crippen LogP contribution in [-0.2, 0) is 14.3 Å². The number of carbonyl (C=O) groups excluding carboxylic acids is 2. The molecule has 0 aromatic heterocycles. The molecule has 1 N–H and O–H groups in total. The van der Waals surface area contributed by atoms with Gasteiger partial charge in [0.05, 0.1) is 16.6 Å². The predicted molar refractivity (Wildman–Crippen MR) is 128 cm³/mol. The summed E-state index contributed by atoms with van der Waals surface area (Å²) in [5.74, 6) is -1.27. The predicted octanol–water partition coefficient (Wildman–Crippen LogP) is 5.56. The van der Waals surface area contributed by atoms with Crippen LogP contribution in [-0.4, -0.2) is 22.8 Å². The molecule has 0 spiro atoms. The third kappa shape index (κ3) is 4.61. The van der Waals surface area contributed by atoms with E-state index in [0.717, 1.165) is 11.3 Å². The standard InChI is InChI=1S/C26H25ClN2O5/c1-14(2)34-26(31)23-15(3)28-21-12-18(16-4-8-19(27)9-5-16)13-22(30)25(21)24(23)17-6-10-20(11-7-17)29(32)33/h4-11,14,18,24,28H,12-13H2,1-3H3/t18-,24-/m1/s1. The van der Waals surface area contributed by atoms with E-state index in [0.29, 0.717) is 33.9 Å². The number of ether oxygens (including phenoxy) is 1. The van der Waals surface area contributed by atoms with Gasteiger partial charge in [-0.05, 0) is 56.4 Å². The van der Waals surface area contributed by atoms with Gasteiger partial charge in [0.2, 0.25) is 0 Å². The molecule has 0 saturated heterocycles. The first-order chi connectivity index (χ1) is 16.2. The van der Waals surface area contributed by atoms with Gasteiger partial charge in [0, 0.05) is 46.5 Å². The molecule has 1 heterocycles. The number of nitrogens with zero attached hydrogens (tertiary/aromatic N) is 1. The molecule has 2 aliphatic rings. The van der Waals surface area contributed by atoms with E-state index in [1.54, 1.807) is 32.9 Å². The molecular weight excluding hydrogens is 456 g/mol. The minimum atomic E-state index is -0.665. The molecule has 176 valence electrons. The Morgan fingerprint density at radius 1 is 1.09 bits per heavy atom. The van der Waals surface area contributed by atoms with Crippen LogP contribution in [0.25, 0.3) is 0 Å². The van der Waals surface area contributed by atoms with Crippen molar-refractivity contribution in [2.45, 2.75) is 51.6 Å². The minimum absolute atomic E-state index is 0.0227. The van der Waals surface area contributed by atoms with Gasteiger partial charge in [-0.1, -0.05) is 35.9 Å². The van der Waals surface area contributed by atoms with E-state index >= 15 is 0 Å². The van der Waals surface area contributed by atoms with Crippen LogP contribution in [0, 0.1) is 10.1 Å². The summed E-state index contributed by atoms with van der Waals surface area (Å²) >= 11 is 6.03. The highest BCUT2D eigenvalue weighted by Crippen LogP contribution is 2.46. The summed E-state index contributed by atoms with van der Waals surface area (Å²) in [4.78, 5) is 37.3. The van der Waals surface area contributed by atoms with Gasteiger partial charge >= 0.3 is 5.97 Å². The second-order valence-electron chi connectivity index (χ2n) is 8.87. The Morgan fingerprint density at radius 2 is 1.71 bits per heavy atom. The molecule has 2 aromatic rings. The number of carbonyl (C=O) groups is 2. The molecule has 1 aliphatic heterocycles. The summed E-state index contributed by atoms with van der Waals surface area (Å²) in [5.41, 5.74) is 3.82. The van der Waals surface area contributed by atoms with E-state index in [-0.39, 0.29) is 29.9 Å².